The van der Waals surface area contributed by atoms with Gasteiger partial charge in [0.1, 0.15) is 0 Å². The van der Waals surface area contributed by atoms with Crippen molar-refractivity contribution in [2.75, 3.05) is 26.7 Å². The molecular weight excluding hydrogens is 206 g/mol. The van der Waals surface area contributed by atoms with Crippen LogP contribution >= 0.6 is 0 Å². The Morgan fingerprint density at radius 3 is 2.06 bits per heavy atom. The third kappa shape index (κ3) is 4.18. The number of likely N-dealkylation sites (N-methyl/N-ethyl adjacent to an activating group) is 2. The van der Waals surface area contributed by atoms with E-state index >= 15 is 0 Å². The minimum absolute atomic E-state index is 0.0507. The number of hydrogen-bond acceptors (Lipinski definition) is 3. The van der Waals surface area contributed by atoms with Gasteiger partial charge in [-0.25, -0.2) is 0 Å². The van der Waals surface area contributed by atoms with E-state index in [1.54, 1.807) is 25.8 Å². The molecule has 0 rings (SSSR count). The van der Waals surface area contributed by atoms with Gasteiger partial charge in [0.05, 0.1) is 12.1 Å². The average molecular weight is 229 g/mol. The van der Waals surface area contributed by atoms with Crippen molar-refractivity contribution >= 4 is 11.8 Å². The van der Waals surface area contributed by atoms with Gasteiger partial charge >= 0.3 is 0 Å². The van der Waals surface area contributed by atoms with Crippen molar-refractivity contribution in [3.63, 3.8) is 0 Å². The minimum Gasteiger partial charge on any atom is -0.345 e. The van der Waals surface area contributed by atoms with Gasteiger partial charge in [-0.1, -0.05) is 0 Å². The van der Waals surface area contributed by atoms with E-state index in [4.69, 9.17) is 0 Å². The van der Waals surface area contributed by atoms with Crippen LogP contribution in [-0.2, 0) is 9.59 Å². The quantitative estimate of drug-likeness (QED) is 0.672. The predicted molar refractivity (Wildman–Crippen MR) is 64.1 cm³/mol. The molecule has 0 bridgehead atoms. The summed E-state index contributed by atoms with van der Waals surface area (Å²) in [5.41, 5.74) is -0.649. The molecule has 0 saturated carbocycles. The van der Waals surface area contributed by atoms with Crippen molar-refractivity contribution in [2.45, 2.75) is 33.2 Å². The van der Waals surface area contributed by atoms with E-state index in [1.165, 1.54) is 0 Å². The molecular formula is C11H23N3O2. The summed E-state index contributed by atoms with van der Waals surface area (Å²) >= 11 is 0. The fourth-order valence-electron chi connectivity index (χ4n) is 1.18. The third-order valence-corrected chi connectivity index (χ3v) is 2.71. The molecule has 2 amide bonds. The molecule has 0 spiro atoms. The molecule has 0 saturated heterocycles. The van der Waals surface area contributed by atoms with Crippen LogP contribution in [0.3, 0.4) is 0 Å². The van der Waals surface area contributed by atoms with E-state index in [2.05, 4.69) is 10.6 Å². The van der Waals surface area contributed by atoms with E-state index in [-0.39, 0.29) is 18.4 Å². The second-order valence-corrected chi connectivity index (χ2v) is 4.12. The Morgan fingerprint density at radius 2 is 1.69 bits per heavy atom. The van der Waals surface area contributed by atoms with Crippen molar-refractivity contribution in [1.29, 1.82) is 0 Å². The number of carbonyl (C=O) groups is 2. The van der Waals surface area contributed by atoms with Crippen molar-refractivity contribution in [2.24, 2.45) is 0 Å². The molecule has 94 valence electrons. The van der Waals surface area contributed by atoms with Gasteiger partial charge in [-0.05, 0) is 34.7 Å². The molecule has 0 aliphatic rings. The number of amides is 2. The summed E-state index contributed by atoms with van der Waals surface area (Å²) in [7, 11) is 1.71. The highest BCUT2D eigenvalue weighted by atomic mass is 16.2. The molecule has 0 unspecified atom stereocenters. The molecule has 0 aromatic heterocycles. The fraction of sp³-hybridized carbons (Fsp3) is 0.818. The minimum atomic E-state index is -0.649. The lowest BCUT2D eigenvalue weighted by Crippen LogP contribution is -2.53. The van der Waals surface area contributed by atoms with Crippen LogP contribution in [0, 0.1) is 0 Å². The molecule has 16 heavy (non-hydrogen) atoms. The lowest BCUT2D eigenvalue weighted by Gasteiger charge is -2.24. The Labute approximate surface area is 97.6 Å². The summed E-state index contributed by atoms with van der Waals surface area (Å²) in [5, 5.41) is 5.52. The van der Waals surface area contributed by atoms with Crippen LogP contribution in [0.25, 0.3) is 0 Å². The molecule has 0 radical (unpaired) electrons. The highest BCUT2D eigenvalue weighted by Gasteiger charge is 2.25. The second kappa shape index (κ2) is 6.48. The molecule has 5 nitrogen and oxygen atoms in total. The van der Waals surface area contributed by atoms with Crippen molar-refractivity contribution in [1.82, 2.24) is 15.5 Å². The zero-order valence-electron chi connectivity index (χ0n) is 10.9. The topological polar surface area (TPSA) is 61.4 Å². The van der Waals surface area contributed by atoms with Gasteiger partial charge in [-0.15, -0.1) is 0 Å². The van der Waals surface area contributed by atoms with Gasteiger partial charge in [0.2, 0.25) is 11.8 Å². The largest absolute Gasteiger partial charge is 0.345 e. The van der Waals surface area contributed by atoms with E-state index < -0.39 is 5.54 Å². The lowest BCUT2D eigenvalue weighted by atomic mass is 10.1. The maximum atomic E-state index is 11.7. The Kier molecular flexibility index (Phi) is 6.03. The maximum absolute atomic E-state index is 11.7. The summed E-state index contributed by atoms with van der Waals surface area (Å²) in [5.74, 6) is -0.222. The Hall–Kier alpha value is -1.10. The Morgan fingerprint density at radius 1 is 1.19 bits per heavy atom. The first kappa shape index (κ1) is 14.9. The second-order valence-electron chi connectivity index (χ2n) is 4.12. The van der Waals surface area contributed by atoms with E-state index in [9.17, 15) is 9.59 Å². The van der Waals surface area contributed by atoms with Gasteiger partial charge in [-0.3, -0.25) is 9.59 Å². The number of nitrogens with one attached hydrogen (secondary N) is 2. The van der Waals surface area contributed by atoms with Crippen LogP contribution < -0.4 is 10.6 Å². The average Bonchev–Trinajstić information content (AvgIpc) is 2.27. The van der Waals surface area contributed by atoms with Crippen molar-refractivity contribution in [3.05, 3.63) is 0 Å². The molecule has 2 N–H and O–H groups in total. The first-order valence-corrected chi connectivity index (χ1v) is 5.64. The molecule has 0 heterocycles. The van der Waals surface area contributed by atoms with Crippen LogP contribution in [0.2, 0.25) is 0 Å². The highest BCUT2D eigenvalue weighted by Crippen LogP contribution is 1.99. The SMILES string of the molecule is CCN(CC)C(=O)CNC(=O)C(C)(C)NC. The van der Waals surface area contributed by atoms with Crippen LogP contribution in [-0.4, -0.2) is 48.9 Å². The summed E-state index contributed by atoms with van der Waals surface area (Å²) in [6.45, 7) is 8.77. The summed E-state index contributed by atoms with van der Waals surface area (Å²) in [4.78, 5) is 25.0. The Bertz CT molecular complexity index is 248. The molecule has 0 aliphatic carbocycles. The van der Waals surface area contributed by atoms with Crippen LogP contribution in [0.1, 0.15) is 27.7 Å². The van der Waals surface area contributed by atoms with E-state index in [1.807, 2.05) is 13.8 Å². The third-order valence-electron chi connectivity index (χ3n) is 2.71. The van der Waals surface area contributed by atoms with Crippen molar-refractivity contribution in [3.8, 4) is 0 Å². The summed E-state index contributed by atoms with van der Waals surface area (Å²) in [6, 6.07) is 0. The van der Waals surface area contributed by atoms with Gasteiger partial charge < -0.3 is 15.5 Å². The van der Waals surface area contributed by atoms with Gasteiger partial charge in [-0.2, -0.15) is 0 Å². The molecule has 0 aromatic rings. The molecule has 0 aliphatic heterocycles. The van der Waals surface area contributed by atoms with Crippen LogP contribution in [0.5, 0.6) is 0 Å². The smallest absolute Gasteiger partial charge is 0.241 e. The molecule has 0 aromatic carbocycles. The number of rotatable bonds is 6. The van der Waals surface area contributed by atoms with E-state index in [0.29, 0.717) is 13.1 Å². The van der Waals surface area contributed by atoms with Crippen molar-refractivity contribution < 1.29 is 9.59 Å². The van der Waals surface area contributed by atoms with Crippen LogP contribution in [0.4, 0.5) is 0 Å². The van der Waals surface area contributed by atoms with Gasteiger partial charge in [0.25, 0.3) is 0 Å². The maximum Gasteiger partial charge on any atom is 0.241 e. The first-order valence-electron chi connectivity index (χ1n) is 5.64. The molecule has 0 fully saturated rings. The number of carbonyl (C=O) groups excluding carboxylic acids is 2. The first-order chi connectivity index (χ1) is 7.38. The summed E-state index contributed by atoms with van der Waals surface area (Å²) in [6.07, 6.45) is 0. The van der Waals surface area contributed by atoms with Crippen LogP contribution in [0.15, 0.2) is 0 Å². The predicted octanol–water partition coefficient (Wildman–Crippen LogP) is -0.0310. The number of nitrogens with zero attached hydrogens (tertiary/aromatic N) is 1. The highest BCUT2D eigenvalue weighted by molar-refractivity contribution is 5.89. The van der Waals surface area contributed by atoms with E-state index in [0.717, 1.165) is 0 Å². The number of hydrogen-bond donors (Lipinski definition) is 2. The molecule has 5 heteroatoms. The Balaban J connectivity index is 4.16. The zero-order chi connectivity index (χ0) is 12.8. The zero-order valence-corrected chi connectivity index (χ0v) is 10.9. The monoisotopic (exact) mass is 229 g/mol. The van der Waals surface area contributed by atoms with Gasteiger partial charge in [0.15, 0.2) is 0 Å². The lowest BCUT2D eigenvalue weighted by molar-refractivity contribution is -0.134. The van der Waals surface area contributed by atoms with Gasteiger partial charge in [0, 0.05) is 13.1 Å². The molecule has 0 atom stereocenters. The summed E-state index contributed by atoms with van der Waals surface area (Å²) < 4.78 is 0. The fourth-order valence-corrected chi connectivity index (χ4v) is 1.18. The normalized spacial score (nSPS) is 11.1. The standard InChI is InChI=1S/C11H23N3O2/c1-6-14(7-2)9(15)8-13-10(16)11(3,4)12-5/h12H,6-8H2,1-5H3,(H,13,16).